The van der Waals surface area contributed by atoms with Gasteiger partial charge in [-0.15, -0.1) is 0 Å². The van der Waals surface area contributed by atoms with Crippen LogP contribution in [0.4, 0.5) is 5.69 Å². The number of hydrogen-bond donors (Lipinski definition) is 1. The highest BCUT2D eigenvalue weighted by Gasteiger charge is 2.30. The number of carbonyl (C=O) groups excluding carboxylic acids is 2. The first-order valence-corrected chi connectivity index (χ1v) is 8.50. The average molecular weight is 329 g/mol. The molecule has 0 bridgehead atoms. The van der Waals surface area contributed by atoms with Crippen LogP contribution in [0.3, 0.4) is 0 Å². The SMILES string of the molecule is C=CC(=O)N1CC[C@H](C(=O)Nc2cnccc2OC2CCCC2)C1. The lowest BCUT2D eigenvalue weighted by molar-refractivity contribution is -0.125. The summed E-state index contributed by atoms with van der Waals surface area (Å²) in [6.45, 7) is 4.50. The number of rotatable bonds is 5. The van der Waals surface area contributed by atoms with E-state index in [1.807, 2.05) is 0 Å². The maximum absolute atomic E-state index is 12.5. The molecule has 6 nitrogen and oxygen atoms in total. The molecule has 2 fully saturated rings. The molecule has 1 saturated carbocycles. The zero-order chi connectivity index (χ0) is 16.9. The van der Waals surface area contributed by atoms with Crippen LogP contribution in [0.2, 0.25) is 0 Å². The third-order valence-electron chi connectivity index (χ3n) is 4.68. The lowest BCUT2D eigenvalue weighted by Crippen LogP contribution is -2.30. The summed E-state index contributed by atoms with van der Waals surface area (Å²) in [5.74, 6) is 0.228. The largest absolute Gasteiger partial charge is 0.488 e. The van der Waals surface area contributed by atoms with Gasteiger partial charge in [-0.25, -0.2) is 0 Å². The van der Waals surface area contributed by atoms with Crippen molar-refractivity contribution in [3.63, 3.8) is 0 Å². The molecule has 1 aliphatic carbocycles. The van der Waals surface area contributed by atoms with Gasteiger partial charge in [0.1, 0.15) is 11.4 Å². The van der Waals surface area contributed by atoms with E-state index in [9.17, 15) is 9.59 Å². The molecule has 1 saturated heterocycles. The molecular weight excluding hydrogens is 306 g/mol. The van der Waals surface area contributed by atoms with Crippen LogP contribution in [0.5, 0.6) is 5.75 Å². The number of carbonyl (C=O) groups is 2. The number of hydrogen-bond acceptors (Lipinski definition) is 4. The van der Waals surface area contributed by atoms with E-state index in [1.54, 1.807) is 23.4 Å². The lowest BCUT2D eigenvalue weighted by Gasteiger charge is -2.18. The monoisotopic (exact) mass is 329 g/mol. The second kappa shape index (κ2) is 7.47. The van der Waals surface area contributed by atoms with E-state index in [4.69, 9.17) is 4.74 Å². The standard InChI is InChI=1S/C18H23N3O3/c1-2-17(22)21-10-8-13(12-21)18(23)20-15-11-19-9-7-16(15)24-14-5-3-4-6-14/h2,7,9,11,13-14H,1,3-6,8,10,12H2,(H,20,23)/t13-/m0/s1. The smallest absolute Gasteiger partial charge is 0.245 e. The summed E-state index contributed by atoms with van der Waals surface area (Å²) < 4.78 is 6.01. The van der Waals surface area contributed by atoms with Crippen molar-refractivity contribution >= 4 is 17.5 Å². The highest BCUT2D eigenvalue weighted by Crippen LogP contribution is 2.30. The molecule has 2 aliphatic rings. The van der Waals surface area contributed by atoms with Gasteiger partial charge in [0.15, 0.2) is 0 Å². The Labute approximate surface area is 141 Å². The van der Waals surface area contributed by atoms with Crippen LogP contribution in [0.1, 0.15) is 32.1 Å². The first kappa shape index (κ1) is 16.5. The summed E-state index contributed by atoms with van der Waals surface area (Å²) in [5.41, 5.74) is 0.600. The van der Waals surface area contributed by atoms with E-state index in [-0.39, 0.29) is 23.8 Å². The molecule has 3 rings (SSSR count). The molecule has 1 aromatic rings. The fourth-order valence-electron chi connectivity index (χ4n) is 3.30. The summed E-state index contributed by atoms with van der Waals surface area (Å²) in [6, 6.07) is 1.79. The molecule has 0 aromatic carbocycles. The van der Waals surface area contributed by atoms with Gasteiger partial charge in [0, 0.05) is 25.4 Å². The Morgan fingerprint density at radius 2 is 2.12 bits per heavy atom. The van der Waals surface area contributed by atoms with Crippen LogP contribution in [0, 0.1) is 5.92 Å². The molecule has 1 atom stereocenters. The van der Waals surface area contributed by atoms with Crippen molar-refractivity contribution < 1.29 is 14.3 Å². The first-order chi connectivity index (χ1) is 11.7. The zero-order valence-corrected chi connectivity index (χ0v) is 13.7. The Hall–Kier alpha value is -2.37. The fourth-order valence-corrected chi connectivity index (χ4v) is 3.30. The van der Waals surface area contributed by atoms with Gasteiger partial charge in [-0.3, -0.25) is 14.6 Å². The maximum atomic E-state index is 12.5. The average Bonchev–Trinajstić information content (AvgIpc) is 3.27. The van der Waals surface area contributed by atoms with E-state index in [0.29, 0.717) is 30.9 Å². The fraction of sp³-hybridized carbons (Fsp3) is 0.500. The molecule has 2 amide bonds. The minimum absolute atomic E-state index is 0.0985. The number of nitrogens with one attached hydrogen (secondary N) is 1. The van der Waals surface area contributed by atoms with Crippen LogP contribution in [-0.2, 0) is 9.59 Å². The Morgan fingerprint density at radius 3 is 2.88 bits per heavy atom. The molecule has 128 valence electrons. The van der Waals surface area contributed by atoms with E-state index >= 15 is 0 Å². The highest BCUT2D eigenvalue weighted by molar-refractivity contribution is 5.95. The number of aromatic nitrogens is 1. The Bertz CT molecular complexity index is 626. The van der Waals surface area contributed by atoms with Gasteiger partial charge in [-0.1, -0.05) is 6.58 Å². The summed E-state index contributed by atoms with van der Waals surface area (Å²) in [7, 11) is 0. The van der Waals surface area contributed by atoms with Crippen LogP contribution < -0.4 is 10.1 Å². The summed E-state index contributed by atoms with van der Waals surface area (Å²) >= 11 is 0. The quantitative estimate of drug-likeness (QED) is 0.842. The maximum Gasteiger partial charge on any atom is 0.245 e. The number of nitrogens with zero attached hydrogens (tertiary/aromatic N) is 2. The van der Waals surface area contributed by atoms with E-state index in [2.05, 4.69) is 16.9 Å². The Morgan fingerprint density at radius 1 is 1.33 bits per heavy atom. The van der Waals surface area contributed by atoms with Crippen molar-refractivity contribution in [2.75, 3.05) is 18.4 Å². The predicted octanol–water partition coefficient (Wildman–Crippen LogP) is 2.38. The van der Waals surface area contributed by atoms with Gasteiger partial charge in [0.2, 0.25) is 11.8 Å². The summed E-state index contributed by atoms with van der Waals surface area (Å²) in [4.78, 5) is 29.9. The summed E-state index contributed by atoms with van der Waals surface area (Å²) in [6.07, 6.45) is 9.92. The van der Waals surface area contributed by atoms with Gasteiger partial charge in [-0.05, 0) is 38.2 Å². The van der Waals surface area contributed by atoms with E-state index in [1.165, 1.54) is 18.9 Å². The second-order valence-electron chi connectivity index (χ2n) is 6.36. The zero-order valence-electron chi connectivity index (χ0n) is 13.7. The third kappa shape index (κ3) is 3.75. The van der Waals surface area contributed by atoms with Crippen molar-refractivity contribution in [2.24, 2.45) is 5.92 Å². The second-order valence-corrected chi connectivity index (χ2v) is 6.36. The van der Waals surface area contributed by atoms with Crippen molar-refractivity contribution in [2.45, 2.75) is 38.2 Å². The van der Waals surface area contributed by atoms with Crippen LogP contribution >= 0.6 is 0 Å². The Balaban J connectivity index is 1.62. The third-order valence-corrected chi connectivity index (χ3v) is 4.68. The molecule has 2 heterocycles. The molecule has 1 aromatic heterocycles. The number of pyridine rings is 1. The molecule has 0 spiro atoms. The molecule has 1 N–H and O–H groups in total. The number of amides is 2. The first-order valence-electron chi connectivity index (χ1n) is 8.50. The summed E-state index contributed by atoms with van der Waals surface area (Å²) in [5, 5.41) is 2.91. The van der Waals surface area contributed by atoms with Gasteiger partial charge in [0.25, 0.3) is 0 Å². The number of anilines is 1. The number of ether oxygens (including phenoxy) is 1. The van der Waals surface area contributed by atoms with Gasteiger partial charge in [-0.2, -0.15) is 0 Å². The molecule has 24 heavy (non-hydrogen) atoms. The van der Waals surface area contributed by atoms with Crippen molar-refractivity contribution in [1.82, 2.24) is 9.88 Å². The van der Waals surface area contributed by atoms with Crippen molar-refractivity contribution in [3.8, 4) is 5.75 Å². The van der Waals surface area contributed by atoms with Crippen molar-refractivity contribution in [1.29, 1.82) is 0 Å². The predicted molar refractivity (Wildman–Crippen MR) is 90.6 cm³/mol. The van der Waals surface area contributed by atoms with Gasteiger partial charge >= 0.3 is 0 Å². The van der Waals surface area contributed by atoms with E-state index < -0.39 is 0 Å². The molecule has 0 radical (unpaired) electrons. The van der Waals surface area contributed by atoms with Crippen LogP contribution in [-0.4, -0.2) is 40.9 Å². The number of likely N-dealkylation sites (tertiary alicyclic amines) is 1. The van der Waals surface area contributed by atoms with Gasteiger partial charge in [0.05, 0.1) is 18.2 Å². The lowest BCUT2D eigenvalue weighted by atomic mass is 10.1. The van der Waals surface area contributed by atoms with E-state index in [0.717, 1.165) is 12.8 Å². The molecule has 0 unspecified atom stereocenters. The minimum Gasteiger partial charge on any atom is -0.488 e. The minimum atomic E-state index is -0.214. The van der Waals surface area contributed by atoms with Crippen LogP contribution in [0.15, 0.2) is 31.1 Å². The van der Waals surface area contributed by atoms with Crippen molar-refractivity contribution in [3.05, 3.63) is 31.1 Å². The molecule has 1 aliphatic heterocycles. The topological polar surface area (TPSA) is 71.5 Å². The van der Waals surface area contributed by atoms with Gasteiger partial charge < -0.3 is 15.0 Å². The molecular formula is C18H23N3O3. The Kier molecular flexibility index (Phi) is 5.13. The normalized spacial score (nSPS) is 20.8. The highest BCUT2D eigenvalue weighted by atomic mass is 16.5. The van der Waals surface area contributed by atoms with Crippen LogP contribution in [0.25, 0.3) is 0 Å². The molecule has 6 heteroatoms.